The summed E-state index contributed by atoms with van der Waals surface area (Å²) in [7, 11) is -4.63. The third-order valence-corrected chi connectivity index (χ3v) is 9.78. The van der Waals surface area contributed by atoms with Gasteiger partial charge in [0, 0.05) is 12.8 Å². The summed E-state index contributed by atoms with van der Waals surface area (Å²) in [5.41, 5.74) is 0. The molecule has 0 radical (unpaired) electrons. The van der Waals surface area contributed by atoms with Gasteiger partial charge in [0.05, 0.1) is 19.8 Å². The van der Waals surface area contributed by atoms with Gasteiger partial charge in [0.1, 0.15) is 12.7 Å². The van der Waals surface area contributed by atoms with E-state index in [1.807, 2.05) is 0 Å². The molecule has 0 aromatic carbocycles. The van der Waals surface area contributed by atoms with Crippen molar-refractivity contribution in [1.29, 1.82) is 0 Å². The van der Waals surface area contributed by atoms with Crippen LogP contribution in [0.5, 0.6) is 0 Å². The van der Waals surface area contributed by atoms with Crippen molar-refractivity contribution in [1.82, 2.24) is 0 Å². The maximum atomic E-state index is 12.6. The van der Waals surface area contributed by atoms with E-state index in [2.05, 4.69) is 91.3 Å². The van der Waals surface area contributed by atoms with Crippen LogP contribution in [0.2, 0.25) is 0 Å². The minimum absolute atomic E-state index is 0.140. The third kappa shape index (κ3) is 41.4. The number of ether oxygens (including phenoxy) is 2. The molecule has 0 spiro atoms. The molecule has 0 fully saturated rings. The highest BCUT2D eigenvalue weighted by atomic mass is 31.2. The summed E-state index contributed by atoms with van der Waals surface area (Å²) in [6, 6.07) is 0. The van der Waals surface area contributed by atoms with Crippen molar-refractivity contribution >= 4 is 19.8 Å². The first kappa shape index (κ1) is 54.4. The summed E-state index contributed by atoms with van der Waals surface area (Å²) in [6.07, 6.45) is 47.2. The molecule has 0 amide bonds. The van der Waals surface area contributed by atoms with Gasteiger partial charge < -0.3 is 24.6 Å². The molecule has 10 nitrogen and oxygen atoms in total. The Hall–Kier alpha value is -2.59. The lowest BCUT2D eigenvalue weighted by molar-refractivity contribution is -0.161. The van der Waals surface area contributed by atoms with Crippen LogP contribution in [0.4, 0.5) is 0 Å². The molecule has 1 unspecified atom stereocenters. The number of rotatable bonds is 40. The molecule has 11 heteroatoms. The maximum Gasteiger partial charge on any atom is 0.472 e. The highest BCUT2D eigenvalue weighted by Crippen LogP contribution is 2.43. The van der Waals surface area contributed by atoms with Gasteiger partial charge in [0.25, 0.3) is 0 Å². The van der Waals surface area contributed by atoms with Crippen molar-refractivity contribution in [3.05, 3.63) is 72.9 Å². The fourth-order valence-electron chi connectivity index (χ4n) is 5.42. The smallest absolute Gasteiger partial charge is 0.462 e. The lowest BCUT2D eigenvalue weighted by atomic mass is 10.1. The summed E-state index contributed by atoms with van der Waals surface area (Å²) < 4.78 is 32.7. The van der Waals surface area contributed by atoms with Gasteiger partial charge >= 0.3 is 19.8 Å². The van der Waals surface area contributed by atoms with Crippen LogP contribution in [-0.4, -0.2) is 65.7 Å². The molecule has 3 N–H and O–H groups in total. The quantitative estimate of drug-likeness (QED) is 0.0236. The van der Waals surface area contributed by atoms with Crippen molar-refractivity contribution in [3.8, 4) is 0 Å². The number of hydrogen-bond acceptors (Lipinski definition) is 9. The molecule has 0 aromatic rings. The van der Waals surface area contributed by atoms with E-state index >= 15 is 0 Å². The summed E-state index contributed by atoms with van der Waals surface area (Å²) in [5, 5.41) is 18.3. The summed E-state index contributed by atoms with van der Waals surface area (Å²) in [6.45, 7) is 2.26. The van der Waals surface area contributed by atoms with E-state index in [1.54, 1.807) is 0 Å². The Labute approximate surface area is 346 Å². The Morgan fingerprint density at radius 2 is 0.912 bits per heavy atom. The van der Waals surface area contributed by atoms with Gasteiger partial charge in [-0.15, -0.1) is 0 Å². The van der Waals surface area contributed by atoms with Crippen LogP contribution in [0.25, 0.3) is 0 Å². The summed E-state index contributed by atoms with van der Waals surface area (Å²) >= 11 is 0. The van der Waals surface area contributed by atoms with Gasteiger partial charge in [-0.25, -0.2) is 4.57 Å². The number of esters is 2. The predicted octanol–water partition coefficient (Wildman–Crippen LogP) is 11.7. The second kappa shape index (κ2) is 41.6. The lowest BCUT2D eigenvalue weighted by Gasteiger charge is -2.20. The highest BCUT2D eigenvalue weighted by Gasteiger charge is 2.27. The number of unbranched alkanes of at least 4 members (excludes halogenated alkanes) is 14. The number of carbonyl (C=O) groups is 2. The van der Waals surface area contributed by atoms with E-state index in [0.29, 0.717) is 12.8 Å². The Kier molecular flexibility index (Phi) is 39.7. The van der Waals surface area contributed by atoms with Crippen LogP contribution in [0, 0.1) is 0 Å². The lowest BCUT2D eigenvalue weighted by Crippen LogP contribution is -2.29. The molecule has 328 valence electrons. The molecule has 0 aliphatic carbocycles. The Morgan fingerprint density at radius 1 is 0.526 bits per heavy atom. The first-order valence-electron chi connectivity index (χ1n) is 21.9. The first-order valence-corrected chi connectivity index (χ1v) is 23.4. The normalized spacial score (nSPS) is 14.5. The van der Waals surface area contributed by atoms with Crippen molar-refractivity contribution in [2.45, 2.75) is 180 Å². The van der Waals surface area contributed by atoms with Crippen LogP contribution in [0.1, 0.15) is 168 Å². The molecule has 0 bridgehead atoms. The summed E-state index contributed by atoms with van der Waals surface area (Å²) in [4.78, 5) is 35.0. The van der Waals surface area contributed by atoms with E-state index in [0.717, 1.165) is 83.5 Å². The molecule has 0 aromatic heterocycles. The standard InChI is InChI=1S/C46H79O10P/c1-3-5-7-9-11-13-15-17-19-20-21-22-24-26-28-30-32-34-36-38-46(50)56-44(42-55-57(51,52)54-40-43(48)39-47)41-53-45(49)37-35-33-31-29-27-25-23-18-16-14-12-10-8-6-4-2/h11-14,17-19,21-23,26,28,43-44,47-48H,3-10,15-16,20,24-25,27,29-42H2,1-2H3,(H,51,52)/t43-,44+/m0/s1. The van der Waals surface area contributed by atoms with Crippen LogP contribution >= 0.6 is 7.82 Å². The summed E-state index contributed by atoms with van der Waals surface area (Å²) in [5.74, 6) is -0.983. The Bertz CT molecular complexity index is 1180. The fourth-order valence-corrected chi connectivity index (χ4v) is 6.21. The monoisotopic (exact) mass is 823 g/mol. The first-order chi connectivity index (χ1) is 27.7. The van der Waals surface area contributed by atoms with Crippen LogP contribution in [0.15, 0.2) is 72.9 Å². The molecule has 0 rings (SSSR count). The van der Waals surface area contributed by atoms with E-state index in [9.17, 15) is 24.2 Å². The van der Waals surface area contributed by atoms with Crippen LogP contribution < -0.4 is 0 Å². The second-order valence-electron chi connectivity index (χ2n) is 14.4. The molecule has 0 saturated carbocycles. The average molecular weight is 823 g/mol. The topological polar surface area (TPSA) is 149 Å². The number of hydrogen-bond donors (Lipinski definition) is 3. The minimum atomic E-state index is -4.63. The molecule has 57 heavy (non-hydrogen) atoms. The van der Waals surface area contributed by atoms with Gasteiger partial charge in [-0.05, 0) is 89.9 Å². The molecule has 0 saturated heterocycles. The van der Waals surface area contributed by atoms with Gasteiger partial charge in [-0.2, -0.15) is 0 Å². The largest absolute Gasteiger partial charge is 0.472 e. The highest BCUT2D eigenvalue weighted by molar-refractivity contribution is 7.47. The zero-order valence-electron chi connectivity index (χ0n) is 35.5. The van der Waals surface area contributed by atoms with Gasteiger partial charge in [0.15, 0.2) is 6.10 Å². The van der Waals surface area contributed by atoms with Gasteiger partial charge in [-0.3, -0.25) is 18.6 Å². The third-order valence-electron chi connectivity index (χ3n) is 8.83. The van der Waals surface area contributed by atoms with Crippen molar-refractivity contribution in [2.75, 3.05) is 26.4 Å². The minimum Gasteiger partial charge on any atom is -0.462 e. The van der Waals surface area contributed by atoms with Crippen molar-refractivity contribution < 1.29 is 47.8 Å². The maximum absolute atomic E-state index is 12.6. The number of aliphatic hydroxyl groups is 2. The van der Waals surface area contributed by atoms with Gasteiger partial charge in [0.2, 0.25) is 0 Å². The van der Waals surface area contributed by atoms with E-state index in [-0.39, 0.29) is 19.4 Å². The molecular formula is C46H79O10P. The molecular weight excluding hydrogens is 743 g/mol. The fraction of sp³-hybridized carbons (Fsp3) is 0.696. The zero-order chi connectivity index (χ0) is 41.9. The zero-order valence-corrected chi connectivity index (χ0v) is 36.4. The van der Waals surface area contributed by atoms with Crippen LogP contribution in [-0.2, 0) is 32.7 Å². The Morgan fingerprint density at radius 3 is 1.39 bits per heavy atom. The number of phosphoric acid groups is 1. The molecule has 0 aliphatic rings. The van der Waals surface area contributed by atoms with E-state index < -0.39 is 51.8 Å². The van der Waals surface area contributed by atoms with Crippen molar-refractivity contribution in [2.24, 2.45) is 0 Å². The average Bonchev–Trinajstić information content (AvgIpc) is 3.20. The molecule has 0 aliphatic heterocycles. The number of allylic oxidation sites excluding steroid dienone is 12. The van der Waals surface area contributed by atoms with E-state index in [4.69, 9.17) is 19.1 Å². The van der Waals surface area contributed by atoms with Gasteiger partial charge in [-0.1, -0.05) is 138 Å². The Balaban J connectivity index is 4.40. The number of aliphatic hydroxyl groups excluding tert-OH is 2. The number of phosphoric ester groups is 1. The SMILES string of the molecule is CCCCCC=CCC=CCC=CCC=CCCCCCC(=O)O[C@H](COC(=O)CCCCCCCC=CCC=CCCCCC)COP(=O)(O)OC[C@@H](O)CO. The molecule has 3 atom stereocenters. The van der Waals surface area contributed by atoms with E-state index in [1.165, 1.54) is 44.9 Å². The number of carbonyl (C=O) groups excluding carboxylic acids is 2. The predicted molar refractivity (Wildman–Crippen MR) is 233 cm³/mol. The van der Waals surface area contributed by atoms with Crippen LogP contribution in [0.3, 0.4) is 0 Å². The molecule has 0 heterocycles. The van der Waals surface area contributed by atoms with Crippen molar-refractivity contribution in [3.63, 3.8) is 0 Å². The second-order valence-corrected chi connectivity index (χ2v) is 15.8.